The van der Waals surface area contributed by atoms with Crippen LogP contribution in [-0.4, -0.2) is 35.3 Å². The van der Waals surface area contributed by atoms with E-state index in [1.54, 1.807) is 6.92 Å². The molecule has 3 aromatic carbocycles. The zero-order valence-corrected chi connectivity index (χ0v) is 21.8. The van der Waals surface area contributed by atoms with Crippen LogP contribution in [-0.2, 0) is 13.1 Å². The van der Waals surface area contributed by atoms with Crippen LogP contribution in [0.2, 0.25) is 0 Å². The Labute approximate surface area is 225 Å². The van der Waals surface area contributed by atoms with Gasteiger partial charge in [0.2, 0.25) is 0 Å². The Bertz CT molecular complexity index is 1540. The maximum Gasteiger partial charge on any atom is 0.331 e. The summed E-state index contributed by atoms with van der Waals surface area (Å²) in [6.45, 7) is 3.67. The van der Waals surface area contributed by atoms with Crippen molar-refractivity contribution in [1.82, 2.24) is 9.13 Å². The summed E-state index contributed by atoms with van der Waals surface area (Å²) < 4.78 is 31.6. The molecule has 1 atom stereocenters. The maximum absolute atomic E-state index is 14.6. The molecule has 1 aromatic heterocycles. The Morgan fingerprint density at radius 3 is 1.95 bits per heavy atom. The second-order valence-corrected chi connectivity index (χ2v) is 9.75. The van der Waals surface area contributed by atoms with Gasteiger partial charge in [-0.1, -0.05) is 54.6 Å². The molecule has 0 aliphatic carbocycles. The molecule has 1 aliphatic heterocycles. The van der Waals surface area contributed by atoms with Crippen LogP contribution < -0.4 is 26.8 Å². The molecule has 0 unspecified atom stereocenters. The molecule has 2 heterocycles. The fourth-order valence-electron chi connectivity index (χ4n) is 5.17. The molecule has 4 aromatic rings. The fraction of sp³-hybridized carbons (Fsp3) is 0.267. The highest BCUT2D eigenvalue weighted by molar-refractivity contribution is 5.53. The lowest BCUT2D eigenvalue weighted by molar-refractivity contribution is 0.489. The quantitative estimate of drug-likeness (QED) is 0.394. The number of para-hydroxylation sites is 1. The molecule has 5 rings (SSSR count). The number of halogens is 2. The zero-order chi connectivity index (χ0) is 27.5. The molecular weight excluding hydrogens is 500 g/mol. The van der Waals surface area contributed by atoms with Gasteiger partial charge in [0.1, 0.15) is 17.3 Å². The Morgan fingerprint density at radius 1 is 0.769 bits per heavy atom. The Morgan fingerprint density at radius 2 is 1.33 bits per heavy atom. The summed E-state index contributed by atoms with van der Waals surface area (Å²) in [4.78, 5) is 31.7. The molecule has 0 bridgehead atoms. The largest absolute Gasteiger partial charge is 0.368 e. The van der Waals surface area contributed by atoms with E-state index in [0.717, 1.165) is 28.0 Å². The molecule has 1 saturated heterocycles. The lowest BCUT2D eigenvalue weighted by Gasteiger charge is -2.38. The molecule has 0 amide bonds. The molecule has 7 nitrogen and oxygen atoms in total. The number of benzene rings is 3. The van der Waals surface area contributed by atoms with Gasteiger partial charge in [-0.15, -0.1) is 0 Å². The van der Waals surface area contributed by atoms with Crippen molar-refractivity contribution in [2.45, 2.75) is 26.1 Å². The third kappa shape index (κ3) is 5.35. The predicted molar refractivity (Wildman–Crippen MR) is 149 cm³/mol. The van der Waals surface area contributed by atoms with Crippen molar-refractivity contribution < 1.29 is 8.78 Å². The highest BCUT2D eigenvalue weighted by Gasteiger charge is 2.26. The van der Waals surface area contributed by atoms with Crippen LogP contribution in [0.1, 0.15) is 22.9 Å². The average molecular weight is 532 g/mol. The van der Waals surface area contributed by atoms with Gasteiger partial charge in [-0.2, -0.15) is 0 Å². The van der Waals surface area contributed by atoms with E-state index in [1.807, 2.05) is 65.6 Å². The molecular formula is C30H31F2N5O2. The normalized spacial score (nSPS) is 14.5. The average Bonchev–Trinajstić information content (AvgIpc) is 2.96. The van der Waals surface area contributed by atoms with E-state index in [1.165, 1.54) is 10.6 Å². The second kappa shape index (κ2) is 11.2. The molecule has 0 spiro atoms. The first-order valence-electron chi connectivity index (χ1n) is 13.0. The minimum absolute atomic E-state index is 0.0707. The molecule has 0 radical (unpaired) electrons. The lowest BCUT2D eigenvalue weighted by atomic mass is 10.1. The van der Waals surface area contributed by atoms with E-state index in [4.69, 9.17) is 5.73 Å². The van der Waals surface area contributed by atoms with Crippen LogP contribution in [0.15, 0.2) is 88.5 Å². The second-order valence-electron chi connectivity index (χ2n) is 9.75. The van der Waals surface area contributed by atoms with Crippen LogP contribution in [0.4, 0.5) is 20.2 Å². The number of aromatic nitrogens is 2. The standard InChI is InChI=1S/C30H31F2N5O2/c1-21-28(35-17-15-34(16-18-35)23-11-6-3-7-12-23)29(38)37(20-27(33)22-9-4-2-5-10-22)30(39)36(21)19-24-25(31)13-8-14-26(24)32/h2-14,27H,15-20,33H2,1H3/t27-/m0/s1. The monoisotopic (exact) mass is 531 g/mol. The smallest absolute Gasteiger partial charge is 0.331 e. The summed E-state index contributed by atoms with van der Waals surface area (Å²) in [5.41, 5.74) is 7.65. The summed E-state index contributed by atoms with van der Waals surface area (Å²) in [7, 11) is 0. The Hall–Kier alpha value is -4.24. The summed E-state index contributed by atoms with van der Waals surface area (Å²) in [6, 6.07) is 22.2. The Kier molecular flexibility index (Phi) is 7.60. The van der Waals surface area contributed by atoms with Crippen LogP contribution in [0.5, 0.6) is 0 Å². The number of anilines is 2. The van der Waals surface area contributed by atoms with Gasteiger partial charge in [-0.25, -0.2) is 13.6 Å². The van der Waals surface area contributed by atoms with Crippen molar-refractivity contribution in [3.63, 3.8) is 0 Å². The Balaban J connectivity index is 1.55. The number of nitrogens with zero attached hydrogens (tertiary/aromatic N) is 4. The summed E-state index contributed by atoms with van der Waals surface area (Å²) >= 11 is 0. The highest BCUT2D eigenvalue weighted by Crippen LogP contribution is 2.22. The summed E-state index contributed by atoms with van der Waals surface area (Å²) in [5, 5.41) is 0. The number of hydrogen-bond donors (Lipinski definition) is 1. The van der Waals surface area contributed by atoms with Gasteiger partial charge in [0.15, 0.2) is 0 Å². The number of rotatable bonds is 7. The maximum atomic E-state index is 14.6. The minimum atomic E-state index is -0.752. The molecule has 1 fully saturated rings. The zero-order valence-electron chi connectivity index (χ0n) is 21.8. The third-order valence-electron chi connectivity index (χ3n) is 7.36. The minimum Gasteiger partial charge on any atom is -0.368 e. The van der Waals surface area contributed by atoms with Gasteiger partial charge in [0.25, 0.3) is 5.56 Å². The van der Waals surface area contributed by atoms with Gasteiger partial charge >= 0.3 is 5.69 Å². The van der Waals surface area contributed by atoms with Gasteiger partial charge in [-0.05, 0) is 36.8 Å². The van der Waals surface area contributed by atoms with Gasteiger partial charge in [0.05, 0.1) is 13.1 Å². The molecule has 39 heavy (non-hydrogen) atoms. The highest BCUT2D eigenvalue weighted by atomic mass is 19.1. The number of nitrogens with two attached hydrogens (primary N) is 1. The molecule has 0 saturated carbocycles. The van der Waals surface area contributed by atoms with E-state index in [0.29, 0.717) is 37.6 Å². The molecule has 1 aliphatic rings. The van der Waals surface area contributed by atoms with Crippen molar-refractivity contribution in [3.05, 3.63) is 128 Å². The summed E-state index contributed by atoms with van der Waals surface area (Å²) in [6.07, 6.45) is 0. The first-order valence-corrected chi connectivity index (χ1v) is 13.0. The molecule has 9 heteroatoms. The van der Waals surface area contributed by atoms with Crippen LogP contribution in [0, 0.1) is 18.6 Å². The van der Waals surface area contributed by atoms with Crippen molar-refractivity contribution in [3.8, 4) is 0 Å². The fourth-order valence-corrected chi connectivity index (χ4v) is 5.17. The van der Waals surface area contributed by atoms with Gasteiger partial charge in [-0.3, -0.25) is 13.9 Å². The van der Waals surface area contributed by atoms with E-state index < -0.39 is 28.9 Å². The van der Waals surface area contributed by atoms with Gasteiger partial charge < -0.3 is 15.5 Å². The van der Waals surface area contributed by atoms with Crippen molar-refractivity contribution in [2.75, 3.05) is 36.0 Å². The first-order chi connectivity index (χ1) is 18.8. The van der Waals surface area contributed by atoms with Crippen molar-refractivity contribution >= 4 is 11.4 Å². The van der Waals surface area contributed by atoms with E-state index in [-0.39, 0.29) is 18.7 Å². The lowest BCUT2D eigenvalue weighted by Crippen LogP contribution is -2.51. The van der Waals surface area contributed by atoms with Crippen LogP contribution >= 0.6 is 0 Å². The van der Waals surface area contributed by atoms with E-state index >= 15 is 0 Å². The summed E-state index contributed by atoms with van der Waals surface area (Å²) in [5.74, 6) is -1.50. The number of hydrogen-bond acceptors (Lipinski definition) is 5. The topological polar surface area (TPSA) is 76.5 Å². The van der Waals surface area contributed by atoms with Crippen LogP contribution in [0.25, 0.3) is 0 Å². The third-order valence-corrected chi connectivity index (χ3v) is 7.36. The van der Waals surface area contributed by atoms with E-state index in [9.17, 15) is 18.4 Å². The number of piperazine rings is 1. The SMILES string of the molecule is Cc1c(N2CCN(c3ccccc3)CC2)c(=O)n(C[C@H](N)c2ccccc2)c(=O)n1Cc1c(F)cccc1F. The molecule has 202 valence electrons. The first kappa shape index (κ1) is 26.4. The van der Waals surface area contributed by atoms with Crippen molar-refractivity contribution in [1.29, 1.82) is 0 Å². The van der Waals surface area contributed by atoms with Crippen LogP contribution in [0.3, 0.4) is 0 Å². The van der Waals surface area contributed by atoms with E-state index in [2.05, 4.69) is 4.90 Å². The van der Waals surface area contributed by atoms with Gasteiger partial charge in [0, 0.05) is 49.2 Å². The predicted octanol–water partition coefficient (Wildman–Crippen LogP) is 3.67. The molecule has 2 N–H and O–H groups in total. The van der Waals surface area contributed by atoms with Crippen molar-refractivity contribution in [2.24, 2.45) is 5.73 Å².